The number of furan rings is 1. The van der Waals surface area contributed by atoms with Crippen LogP contribution in [0.15, 0.2) is 43.8 Å². The first-order chi connectivity index (χ1) is 16.3. The van der Waals surface area contributed by atoms with Crippen LogP contribution in [0.1, 0.15) is 38.9 Å². The zero-order valence-corrected chi connectivity index (χ0v) is 20.3. The molecule has 182 valence electrons. The van der Waals surface area contributed by atoms with Gasteiger partial charge in [-0.3, -0.25) is 23.5 Å². The standard InChI is InChI=1S/C24H30N4O5S/c1-16-11-17(2)14-26(13-16)21(30)15-28-19-7-10-34-22(19)23(31)27(24(28)32)8-3-6-20(29)25-12-18-5-4-9-33-18/h4-5,7,9-10,16-17H,3,6,8,11-15H2,1-2H3,(H,25,29)/t16-,17-/m0/s1. The van der Waals surface area contributed by atoms with E-state index in [4.69, 9.17) is 4.42 Å². The van der Waals surface area contributed by atoms with Crippen molar-refractivity contribution in [1.29, 1.82) is 0 Å². The van der Waals surface area contributed by atoms with Crippen LogP contribution in [-0.4, -0.2) is 38.9 Å². The second kappa shape index (κ2) is 10.4. The van der Waals surface area contributed by atoms with Gasteiger partial charge in [-0.25, -0.2) is 4.79 Å². The van der Waals surface area contributed by atoms with E-state index in [0.29, 0.717) is 47.3 Å². The summed E-state index contributed by atoms with van der Waals surface area (Å²) in [5.74, 6) is 1.18. The minimum Gasteiger partial charge on any atom is -0.467 e. The molecule has 4 rings (SSSR count). The van der Waals surface area contributed by atoms with Crippen molar-refractivity contribution in [3.63, 3.8) is 0 Å². The van der Waals surface area contributed by atoms with Gasteiger partial charge in [0, 0.05) is 26.1 Å². The monoisotopic (exact) mass is 486 g/mol. The summed E-state index contributed by atoms with van der Waals surface area (Å²) >= 11 is 1.25. The molecule has 0 aliphatic carbocycles. The summed E-state index contributed by atoms with van der Waals surface area (Å²) in [5.41, 5.74) is -0.410. The van der Waals surface area contributed by atoms with Gasteiger partial charge in [-0.05, 0) is 48.3 Å². The maximum atomic E-state index is 13.3. The lowest BCUT2D eigenvalue weighted by Crippen LogP contribution is -2.47. The van der Waals surface area contributed by atoms with Crippen LogP contribution in [0.25, 0.3) is 10.2 Å². The van der Waals surface area contributed by atoms with E-state index in [-0.39, 0.29) is 43.4 Å². The first-order valence-electron chi connectivity index (χ1n) is 11.6. The number of rotatable bonds is 8. The summed E-state index contributed by atoms with van der Waals surface area (Å²) in [7, 11) is 0. The topological polar surface area (TPSA) is 107 Å². The highest BCUT2D eigenvalue weighted by atomic mass is 32.1. The summed E-state index contributed by atoms with van der Waals surface area (Å²) in [6, 6.07) is 5.23. The number of amides is 2. The van der Waals surface area contributed by atoms with Gasteiger partial charge < -0.3 is 14.6 Å². The Labute approximate surface area is 201 Å². The van der Waals surface area contributed by atoms with Crippen LogP contribution in [-0.2, 0) is 29.2 Å². The fraction of sp³-hybridized carbons (Fsp3) is 0.500. The molecule has 0 saturated carbocycles. The number of carbonyl (C=O) groups is 2. The third kappa shape index (κ3) is 5.32. The Kier molecular flexibility index (Phi) is 7.35. The Bertz CT molecular complexity index is 1260. The van der Waals surface area contributed by atoms with E-state index in [1.807, 2.05) is 4.90 Å². The van der Waals surface area contributed by atoms with Crippen LogP contribution in [0.2, 0.25) is 0 Å². The van der Waals surface area contributed by atoms with E-state index in [9.17, 15) is 19.2 Å². The number of fused-ring (bicyclic) bond motifs is 1. The summed E-state index contributed by atoms with van der Waals surface area (Å²) in [4.78, 5) is 53.2. The molecule has 2 amide bonds. The zero-order valence-electron chi connectivity index (χ0n) is 19.5. The quantitative estimate of drug-likeness (QED) is 0.526. The van der Waals surface area contributed by atoms with Crippen molar-refractivity contribution in [2.24, 2.45) is 11.8 Å². The van der Waals surface area contributed by atoms with Crippen molar-refractivity contribution in [1.82, 2.24) is 19.4 Å². The third-order valence-electron chi connectivity index (χ3n) is 6.18. The van der Waals surface area contributed by atoms with Gasteiger partial charge in [0.2, 0.25) is 11.8 Å². The fourth-order valence-corrected chi connectivity index (χ4v) is 5.51. The highest BCUT2D eigenvalue weighted by molar-refractivity contribution is 7.17. The van der Waals surface area contributed by atoms with Crippen LogP contribution >= 0.6 is 11.3 Å². The molecule has 10 heteroatoms. The van der Waals surface area contributed by atoms with Crippen LogP contribution in [0, 0.1) is 11.8 Å². The van der Waals surface area contributed by atoms with Crippen LogP contribution < -0.4 is 16.6 Å². The Morgan fingerprint density at radius 1 is 1.15 bits per heavy atom. The minimum atomic E-state index is -0.515. The van der Waals surface area contributed by atoms with E-state index >= 15 is 0 Å². The highest BCUT2D eigenvalue weighted by Crippen LogP contribution is 2.22. The van der Waals surface area contributed by atoms with Gasteiger partial charge in [0.25, 0.3) is 5.56 Å². The Morgan fingerprint density at radius 3 is 2.62 bits per heavy atom. The van der Waals surface area contributed by atoms with Gasteiger partial charge in [0.15, 0.2) is 0 Å². The van der Waals surface area contributed by atoms with Crippen molar-refractivity contribution in [2.45, 2.75) is 52.7 Å². The molecule has 0 spiro atoms. The van der Waals surface area contributed by atoms with E-state index in [2.05, 4.69) is 19.2 Å². The molecule has 0 unspecified atom stereocenters. The van der Waals surface area contributed by atoms with Crippen LogP contribution in [0.3, 0.4) is 0 Å². The molecule has 2 atom stereocenters. The summed E-state index contributed by atoms with van der Waals surface area (Å²) in [6.45, 7) is 5.90. The summed E-state index contributed by atoms with van der Waals surface area (Å²) < 4.78 is 8.17. The number of aromatic nitrogens is 2. The first kappa shape index (κ1) is 24.0. The molecule has 1 aliphatic heterocycles. The lowest BCUT2D eigenvalue weighted by molar-refractivity contribution is -0.134. The molecule has 9 nitrogen and oxygen atoms in total. The van der Waals surface area contributed by atoms with Crippen LogP contribution in [0.5, 0.6) is 0 Å². The number of thiophene rings is 1. The number of likely N-dealkylation sites (tertiary alicyclic amines) is 1. The smallest absolute Gasteiger partial charge is 0.332 e. The van der Waals surface area contributed by atoms with Gasteiger partial charge in [-0.2, -0.15) is 0 Å². The molecule has 0 radical (unpaired) electrons. The number of hydrogen-bond donors (Lipinski definition) is 1. The average Bonchev–Trinajstić information content (AvgIpc) is 3.49. The van der Waals surface area contributed by atoms with Gasteiger partial charge in [-0.1, -0.05) is 13.8 Å². The molecular formula is C24H30N4O5S. The lowest BCUT2D eigenvalue weighted by Gasteiger charge is -2.35. The molecule has 0 bridgehead atoms. The van der Waals surface area contributed by atoms with Crippen molar-refractivity contribution >= 4 is 33.4 Å². The Hall–Kier alpha value is -3.14. The van der Waals surface area contributed by atoms with Crippen LogP contribution in [0.4, 0.5) is 0 Å². The van der Waals surface area contributed by atoms with Crippen molar-refractivity contribution in [3.05, 3.63) is 56.4 Å². The number of nitrogens with zero attached hydrogens (tertiary/aromatic N) is 3. The minimum absolute atomic E-state index is 0.102. The predicted octanol–water partition coefficient (Wildman–Crippen LogP) is 2.42. The van der Waals surface area contributed by atoms with E-state index in [1.165, 1.54) is 22.2 Å². The van der Waals surface area contributed by atoms with E-state index in [1.54, 1.807) is 23.6 Å². The van der Waals surface area contributed by atoms with Gasteiger partial charge in [-0.15, -0.1) is 11.3 Å². The molecule has 1 aliphatic rings. The lowest BCUT2D eigenvalue weighted by atomic mass is 9.92. The summed E-state index contributed by atoms with van der Waals surface area (Å²) in [6.07, 6.45) is 3.11. The third-order valence-corrected chi connectivity index (χ3v) is 7.07. The number of carbonyl (C=O) groups excluding carboxylic acids is 2. The van der Waals surface area contributed by atoms with Gasteiger partial charge in [0.1, 0.15) is 17.0 Å². The van der Waals surface area contributed by atoms with Gasteiger partial charge in [0.05, 0.1) is 18.3 Å². The van der Waals surface area contributed by atoms with Crippen molar-refractivity contribution in [2.75, 3.05) is 13.1 Å². The highest BCUT2D eigenvalue weighted by Gasteiger charge is 2.26. The second-order valence-electron chi connectivity index (χ2n) is 9.16. The maximum absolute atomic E-state index is 13.3. The fourth-order valence-electron chi connectivity index (χ4n) is 4.67. The van der Waals surface area contributed by atoms with Crippen molar-refractivity contribution in [3.8, 4) is 0 Å². The molecule has 1 N–H and O–H groups in total. The maximum Gasteiger partial charge on any atom is 0.332 e. The first-order valence-corrected chi connectivity index (χ1v) is 12.5. The molecule has 3 aromatic heterocycles. The number of nitrogens with one attached hydrogen (secondary N) is 1. The SMILES string of the molecule is C[C@H]1C[C@H](C)CN(C(=O)Cn2c(=O)n(CCCC(=O)NCc3ccco3)c(=O)c3sccc32)C1. The number of hydrogen-bond acceptors (Lipinski definition) is 6. The van der Waals surface area contributed by atoms with E-state index in [0.717, 1.165) is 11.0 Å². The molecule has 1 saturated heterocycles. The molecule has 0 aromatic carbocycles. The molecule has 1 fully saturated rings. The molecule has 4 heterocycles. The normalized spacial score (nSPS) is 18.4. The molecule has 34 heavy (non-hydrogen) atoms. The van der Waals surface area contributed by atoms with Gasteiger partial charge >= 0.3 is 5.69 Å². The predicted molar refractivity (Wildman–Crippen MR) is 130 cm³/mol. The Morgan fingerprint density at radius 2 is 1.91 bits per heavy atom. The second-order valence-corrected chi connectivity index (χ2v) is 10.1. The average molecular weight is 487 g/mol. The number of piperidine rings is 1. The largest absolute Gasteiger partial charge is 0.467 e. The van der Waals surface area contributed by atoms with Crippen molar-refractivity contribution < 1.29 is 14.0 Å². The zero-order chi connectivity index (χ0) is 24.2. The van der Waals surface area contributed by atoms with E-state index < -0.39 is 5.69 Å². The molecular weight excluding hydrogens is 456 g/mol. The summed E-state index contributed by atoms with van der Waals surface area (Å²) in [5, 5.41) is 4.51. The molecule has 3 aromatic rings. The Balaban J connectivity index is 1.47.